The minimum absolute atomic E-state index is 0.215. The van der Waals surface area contributed by atoms with Crippen LogP contribution in [0.5, 0.6) is 0 Å². The first-order valence-corrected chi connectivity index (χ1v) is 6.95. The SMILES string of the molecule is O=C1CC(c2cccs2)N1S(=O)(=O)Cl. The third-order valence-electron chi connectivity index (χ3n) is 2.00. The maximum atomic E-state index is 11.0. The van der Waals surface area contributed by atoms with E-state index in [1.807, 2.05) is 11.4 Å². The summed E-state index contributed by atoms with van der Waals surface area (Å²) < 4.78 is 22.7. The predicted molar refractivity (Wildman–Crippen MR) is 53.3 cm³/mol. The summed E-state index contributed by atoms with van der Waals surface area (Å²) in [5.41, 5.74) is 0. The van der Waals surface area contributed by atoms with Gasteiger partial charge in [-0.1, -0.05) is 6.07 Å². The van der Waals surface area contributed by atoms with Crippen molar-refractivity contribution in [2.24, 2.45) is 0 Å². The van der Waals surface area contributed by atoms with Gasteiger partial charge in [0, 0.05) is 15.6 Å². The van der Waals surface area contributed by atoms with Gasteiger partial charge in [0.1, 0.15) is 0 Å². The van der Waals surface area contributed by atoms with Gasteiger partial charge in [0.05, 0.1) is 12.5 Å². The van der Waals surface area contributed by atoms with Gasteiger partial charge >= 0.3 is 9.24 Å². The smallest absolute Gasteiger partial charge is 0.274 e. The van der Waals surface area contributed by atoms with Crippen LogP contribution < -0.4 is 0 Å². The molecule has 1 aromatic rings. The Balaban J connectivity index is 2.30. The van der Waals surface area contributed by atoms with Crippen LogP contribution >= 0.6 is 22.0 Å². The van der Waals surface area contributed by atoms with E-state index in [2.05, 4.69) is 0 Å². The molecule has 7 heteroatoms. The minimum atomic E-state index is -3.93. The lowest BCUT2D eigenvalue weighted by Crippen LogP contribution is -2.47. The number of nitrogens with zero attached hydrogens (tertiary/aromatic N) is 1. The second kappa shape index (κ2) is 3.22. The van der Waals surface area contributed by atoms with Crippen molar-refractivity contribution in [2.75, 3.05) is 0 Å². The lowest BCUT2D eigenvalue weighted by atomic mass is 10.1. The molecule has 14 heavy (non-hydrogen) atoms. The molecule has 1 aliphatic heterocycles. The van der Waals surface area contributed by atoms with E-state index < -0.39 is 21.2 Å². The maximum absolute atomic E-state index is 11.0. The number of β-lactam (4-membered cyclic amide) rings is 1. The average Bonchev–Trinajstić information content (AvgIpc) is 2.47. The number of hydrogen-bond donors (Lipinski definition) is 0. The fraction of sp³-hybridized carbons (Fsp3) is 0.286. The summed E-state index contributed by atoms with van der Waals surface area (Å²) in [5, 5.41) is 1.83. The Labute approximate surface area is 89.6 Å². The first-order chi connectivity index (χ1) is 6.50. The fourth-order valence-electron chi connectivity index (χ4n) is 1.37. The zero-order valence-electron chi connectivity index (χ0n) is 6.88. The van der Waals surface area contributed by atoms with Gasteiger partial charge in [-0.05, 0) is 11.4 Å². The molecule has 0 saturated carbocycles. The number of carbonyl (C=O) groups excluding carboxylic acids is 1. The third-order valence-corrected chi connectivity index (χ3v) is 4.35. The number of thiophene rings is 1. The summed E-state index contributed by atoms with van der Waals surface area (Å²) in [6.45, 7) is 0. The lowest BCUT2D eigenvalue weighted by Gasteiger charge is -2.36. The maximum Gasteiger partial charge on any atom is 0.324 e. The molecule has 1 aliphatic rings. The first kappa shape index (κ1) is 9.95. The normalized spacial score (nSPS) is 22.2. The molecule has 0 aromatic carbocycles. The van der Waals surface area contributed by atoms with Crippen LogP contribution in [-0.4, -0.2) is 18.6 Å². The molecule has 4 nitrogen and oxygen atoms in total. The lowest BCUT2D eigenvalue weighted by molar-refractivity contribution is -0.137. The molecular formula is C7H6ClNO3S2. The quantitative estimate of drug-likeness (QED) is 0.591. The molecule has 1 atom stereocenters. The van der Waals surface area contributed by atoms with Crippen molar-refractivity contribution in [3.05, 3.63) is 22.4 Å². The molecule has 1 amide bonds. The molecule has 0 spiro atoms. The van der Waals surface area contributed by atoms with Crippen molar-refractivity contribution >= 4 is 37.2 Å². The Bertz CT molecular complexity index is 453. The predicted octanol–water partition coefficient (Wildman–Crippen LogP) is 1.51. The number of amides is 1. The van der Waals surface area contributed by atoms with Crippen LogP contribution in [-0.2, 0) is 14.0 Å². The van der Waals surface area contributed by atoms with Crippen molar-refractivity contribution in [2.45, 2.75) is 12.5 Å². The van der Waals surface area contributed by atoms with E-state index in [1.165, 1.54) is 11.3 Å². The summed E-state index contributed by atoms with van der Waals surface area (Å²) >= 11 is 1.41. The van der Waals surface area contributed by atoms with Crippen LogP contribution in [0.3, 0.4) is 0 Å². The van der Waals surface area contributed by atoms with E-state index >= 15 is 0 Å². The topological polar surface area (TPSA) is 54.5 Å². The molecular weight excluding hydrogens is 246 g/mol. The fourth-order valence-corrected chi connectivity index (χ4v) is 3.58. The monoisotopic (exact) mass is 251 g/mol. The van der Waals surface area contributed by atoms with E-state index in [4.69, 9.17) is 10.7 Å². The van der Waals surface area contributed by atoms with Crippen LogP contribution in [0.2, 0.25) is 0 Å². The highest BCUT2D eigenvalue weighted by Gasteiger charge is 2.44. The Morgan fingerprint density at radius 1 is 1.57 bits per heavy atom. The molecule has 2 heterocycles. The van der Waals surface area contributed by atoms with E-state index in [1.54, 1.807) is 6.07 Å². The first-order valence-electron chi connectivity index (χ1n) is 3.80. The Morgan fingerprint density at radius 2 is 2.29 bits per heavy atom. The van der Waals surface area contributed by atoms with Gasteiger partial charge in [-0.25, -0.2) is 4.31 Å². The van der Waals surface area contributed by atoms with E-state index in [-0.39, 0.29) is 6.42 Å². The van der Waals surface area contributed by atoms with Crippen LogP contribution in [0.4, 0.5) is 0 Å². The molecule has 0 N–H and O–H groups in total. The van der Waals surface area contributed by atoms with Gasteiger partial charge in [-0.3, -0.25) is 4.79 Å². The van der Waals surface area contributed by atoms with E-state index in [0.29, 0.717) is 0 Å². The number of carbonyl (C=O) groups is 1. The Hall–Kier alpha value is -0.590. The molecule has 0 bridgehead atoms. The summed E-state index contributed by atoms with van der Waals surface area (Å²) in [4.78, 5) is 11.9. The molecule has 1 unspecified atom stereocenters. The minimum Gasteiger partial charge on any atom is -0.274 e. The van der Waals surface area contributed by atoms with E-state index in [9.17, 15) is 13.2 Å². The second-order valence-electron chi connectivity index (χ2n) is 2.87. The van der Waals surface area contributed by atoms with Gasteiger partial charge in [0.2, 0.25) is 5.91 Å². The number of rotatable bonds is 2. The van der Waals surface area contributed by atoms with Gasteiger partial charge < -0.3 is 0 Å². The third kappa shape index (κ3) is 1.53. The highest BCUT2D eigenvalue weighted by atomic mass is 35.7. The summed E-state index contributed by atoms with van der Waals surface area (Å²) in [7, 11) is 1.20. The summed E-state index contributed by atoms with van der Waals surface area (Å²) in [6, 6.07) is 3.20. The molecule has 1 fully saturated rings. The van der Waals surface area contributed by atoms with Crippen molar-refractivity contribution in [3.8, 4) is 0 Å². The largest absolute Gasteiger partial charge is 0.324 e. The van der Waals surface area contributed by atoms with Crippen molar-refractivity contribution in [1.82, 2.24) is 4.31 Å². The molecule has 2 rings (SSSR count). The molecule has 1 saturated heterocycles. The van der Waals surface area contributed by atoms with Crippen LogP contribution in [0.15, 0.2) is 17.5 Å². The second-order valence-corrected chi connectivity index (χ2v) is 6.23. The highest BCUT2D eigenvalue weighted by Crippen LogP contribution is 2.39. The van der Waals surface area contributed by atoms with Crippen molar-refractivity contribution in [1.29, 1.82) is 0 Å². The molecule has 1 aromatic heterocycles. The summed E-state index contributed by atoms with van der Waals surface area (Å²) in [6.07, 6.45) is 0.215. The Kier molecular flexibility index (Phi) is 2.29. The van der Waals surface area contributed by atoms with Crippen LogP contribution in [0, 0.1) is 0 Å². The van der Waals surface area contributed by atoms with Crippen LogP contribution in [0.1, 0.15) is 17.3 Å². The average molecular weight is 252 g/mol. The Morgan fingerprint density at radius 3 is 2.71 bits per heavy atom. The number of hydrogen-bond acceptors (Lipinski definition) is 4. The van der Waals surface area contributed by atoms with Gasteiger partial charge in [0.15, 0.2) is 0 Å². The molecule has 76 valence electrons. The van der Waals surface area contributed by atoms with Gasteiger partial charge in [-0.15, -0.1) is 11.3 Å². The highest BCUT2D eigenvalue weighted by molar-refractivity contribution is 8.12. The zero-order chi connectivity index (χ0) is 10.3. The van der Waals surface area contributed by atoms with Crippen molar-refractivity contribution < 1.29 is 13.2 Å². The zero-order valence-corrected chi connectivity index (χ0v) is 9.27. The molecule has 0 aliphatic carbocycles. The standard InChI is InChI=1S/C7H6ClNO3S2/c8-14(11,12)9-5(4-7(9)10)6-2-1-3-13-6/h1-3,5H,4H2. The van der Waals surface area contributed by atoms with Crippen molar-refractivity contribution in [3.63, 3.8) is 0 Å². The molecule has 0 radical (unpaired) electrons. The van der Waals surface area contributed by atoms with Gasteiger partial charge in [-0.2, -0.15) is 8.42 Å². The van der Waals surface area contributed by atoms with Gasteiger partial charge in [0.25, 0.3) is 0 Å². The summed E-state index contributed by atoms with van der Waals surface area (Å²) in [5.74, 6) is -0.446. The van der Waals surface area contributed by atoms with E-state index in [0.717, 1.165) is 9.18 Å². The number of halogens is 1. The van der Waals surface area contributed by atoms with Crippen LogP contribution in [0.25, 0.3) is 0 Å².